The zero-order chi connectivity index (χ0) is 7.84. The Morgan fingerprint density at radius 1 is 1.36 bits per heavy atom. The lowest BCUT2D eigenvalue weighted by Crippen LogP contribution is -1.93. The fourth-order valence-electron chi connectivity index (χ4n) is 1.01. The molecule has 2 rings (SSSR count). The molecule has 0 aromatic carbocycles. The average molecular weight is 150 g/mol. The number of rotatable bonds is 1. The van der Waals surface area contributed by atoms with Gasteiger partial charge in [0.25, 0.3) is 0 Å². The molecule has 2 atom stereocenters. The van der Waals surface area contributed by atoms with Gasteiger partial charge in [0.1, 0.15) is 6.10 Å². The molecule has 1 aliphatic heterocycles. The van der Waals surface area contributed by atoms with Gasteiger partial charge in [-0.15, -0.1) is 0 Å². The van der Waals surface area contributed by atoms with E-state index in [4.69, 9.17) is 4.74 Å². The minimum atomic E-state index is 0.149. The van der Waals surface area contributed by atoms with Crippen LogP contribution in [0.4, 0.5) is 0 Å². The Morgan fingerprint density at radius 2 is 1.91 bits per heavy atom. The van der Waals surface area contributed by atoms with E-state index < -0.39 is 0 Å². The average Bonchev–Trinajstić information content (AvgIpc) is 2.69. The van der Waals surface area contributed by atoms with E-state index >= 15 is 0 Å². The highest BCUT2D eigenvalue weighted by molar-refractivity contribution is 5.07. The molecule has 0 radical (unpaired) electrons. The second-order valence-electron chi connectivity index (χ2n) is 2.88. The van der Waals surface area contributed by atoms with Gasteiger partial charge in [0.05, 0.1) is 6.10 Å². The predicted octanol–water partition coefficient (Wildman–Crippen LogP) is 1.24. The zero-order valence-corrected chi connectivity index (χ0v) is 6.61. The molecule has 3 nitrogen and oxygen atoms in total. The summed E-state index contributed by atoms with van der Waals surface area (Å²) >= 11 is 0. The van der Waals surface area contributed by atoms with Crippen LogP contribution in [0.2, 0.25) is 0 Å². The molecule has 58 valence electrons. The Kier molecular flexibility index (Phi) is 1.39. The van der Waals surface area contributed by atoms with Crippen LogP contribution in [0.25, 0.3) is 0 Å². The fraction of sp³-hybridized carbons (Fsp3) is 0.500. The Morgan fingerprint density at radius 3 is 2.36 bits per heavy atom. The Balaban J connectivity index is 2.21. The van der Waals surface area contributed by atoms with E-state index in [-0.39, 0.29) is 6.10 Å². The molecule has 0 amide bonds. The molecule has 0 spiro atoms. The Labute approximate surface area is 65.4 Å². The van der Waals surface area contributed by atoms with E-state index in [0.717, 1.165) is 11.4 Å². The summed E-state index contributed by atoms with van der Waals surface area (Å²) in [6, 6.07) is 0. The third kappa shape index (κ3) is 1.24. The van der Waals surface area contributed by atoms with Crippen LogP contribution in [0, 0.1) is 6.92 Å². The van der Waals surface area contributed by atoms with Gasteiger partial charge in [-0.2, -0.15) is 0 Å². The molecule has 0 aliphatic carbocycles. The van der Waals surface area contributed by atoms with Crippen LogP contribution in [0.15, 0.2) is 12.4 Å². The smallest absolute Gasteiger partial charge is 0.159 e. The lowest BCUT2D eigenvalue weighted by atomic mass is 10.3. The summed E-state index contributed by atoms with van der Waals surface area (Å²) in [6.45, 7) is 3.99. The van der Waals surface area contributed by atoms with Crippen LogP contribution < -0.4 is 0 Å². The van der Waals surface area contributed by atoms with E-state index in [1.165, 1.54) is 0 Å². The summed E-state index contributed by atoms with van der Waals surface area (Å²) < 4.78 is 5.22. The maximum Gasteiger partial charge on any atom is 0.159 e. The van der Waals surface area contributed by atoms with E-state index in [1.54, 1.807) is 0 Å². The van der Waals surface area contributed by atoms with Gasteiger partial charge in [0.15, 0.2) is 5.82 Å². The summed E-state index contributed by atoms with van der Waals surface area (Å²) in [5.74, 6) is 0.808. The van der Waals surface area contributed by atoms with Gasteiger partial charge in [-0.1, -0.05) is 0 Å². The summed E-state index contributed by atoms with van der Waals surface area (Å²) in [5, 5.41) is 0. The summed E-state index contributed by atoms with van der Waals surface area (Å²) in [6.07, 6.45) is 4.08. The van der Waals surface area contributed by atoms with Crippen molar-refractivity contribution in [2.45, 2.75) is 26.1 Å². The van der Waals surface area contributed by atoms with Crippen molar-refractivity contribution >= 4 is 0 Å². The number of hydrogen-bond acceptors (Lipinski definition) is 3. The monoisotopic (exact) mass is 150 g/mol. The van der Waals surface area contributed by atoms with Crippen molar-refractivity contribution < 1.29 is 4.74 Å². The first-order valence-electron chi connectivity index (χ1n) is 3.71. The van der Waals surface area contributed by atoms with Crippen molar-refractivity contribution in [3.05, 3.63) is 23.8 Å². The first kappa shape index (κ1) is 6.73. The van der Waals surface area contributed by atoms with Gasteiger partial charge in [-0.25, -0.2) is 9.97 Å². The molecule has 1 aliphatic rings. The molecular formula is C8H10N2O. The fourth-order valence-corrected chi connectivity index (χ4v) is 1.01. The maximum absolute atomic E-state index is 5.22. The molecule has 1 aromatic heterocycles. The molecule has 11 heavy (non-hydrogen) atoms. The number of epoxide rings is 1. The summed E-state index contributed by atoms with van der Waals surface area (Å²) in [7, 11) is 0. The zero-order valence-electron chi connectivity index (χ0n) is 6.61. The van der Waals surface area contributed by atoms with Crippen molar-refractivity contribution in [3.8, 4) is 0 Å². The minimum Gasteiger partial charge on any atom is -0.361 e. The summed E-state index contributed by atoms with van der Waals surface area (Å²) in [4.78, 5) is 8.31. The largest absolute Gasteiger partial charge is 0.361 e. The molecule has 1 fully saturated rings. The number of aromatic nitrogens is 2. The molecule has 3 heteroatoms. The van der Waals surface area contributed by atoms with E-state index in [0.29, 0.717) is 6.10 Å². The first-order chi connectivity index (χ1) is 5.27. The first-order valence-corrected chi connectivity index (χ1v) is 3.71. The van der Waals surface area contributed by atoms with Crippen molar-refractivity contribution in [1.29, 1.82) is 0 Å². The number of nitrogens with zero attached hydrogens (tertiary/aromatic N) is 2. The third-order valence-electron chi connectivity index (χ3n) is 1.77. The van der Waals surface area contributed by atoms with Crippen molar-refractivity contribution in [3.63, 3.8) is 0 Å². The topological polar surface area (TPSA) is 38.3 Å². The highest BCUT2D eigenvalue weighted by Crippen LogP contribution is 2.35. The van der Waals surface area contributed by atoms with Gasteiger partial charge in [-0.3, -0.25) is 0 Å². The highest BCUT2D eigenvalue weighted by atomic mass is 16.6. The van der Waals surface area contributed by atoms with E-state index in [1.807, 2.05) is 26.2 Å². The van der Waals surface area contributed by atoms with E-state index in [2.05, 4.69) is 9.97 Å². The van der Waals surface area contributed by atoms with Crippen LogP contribution in [0.5, 0.6) is 0 Å². The van der Waals surface area contributed by atoms with Crippen LogP contribution in [0.3, 0.4) is 0 Å². The maximum atomic E-state index is 5.22. The lowest BCUT2D eigenvalue weighted by molar-refractivity contribution is 0.376. The number of aryl methyl sites for hydroxylation is 1. The molecule has 0 bridgehead atoms. The minimum absolute atomic E-state index is 0.149. The SMILES string of the molecule is Cc1cnc(C2O[C@@H]2C)nc1. The molecule has 0 N–H and O–H groups in total. The van der Waals surface area contributed by atoms with E-state index in [9.17, 15) is 0 Å². The normalized spacial score (nSPS) is 28.5. The van der Waals surface area contributed by atoms with Crippen molar-refractivity contribution in [2.24, 2.45) is 0 Å². The van der Waals surface area contributed by atoms with Crippen LogP contribution in [0.1, 0.15) is 24.4 Å². The number of ether oxygens (including phenoxy) is 1. The quantitative estimate of drug-likeness (QED) is 0.565. The van der Waals surface area contributed by atoms with Crippen molar-refractivity contribution in [1.82, 2.24) is 9.97 Å². The molecule has 1 aromatic rings. The second kappa shape index (κ2) is 2.27. The third-order valence-corrected chi connectivity index (χ3v) is 1.77. The molecule has 1 unspecified atom stereocenters. The van der Waals surface area contributed by atoms with Gasteiger partial charge < -0.3 is 4.74 Å². The van der Waals surface area contributed by atoms with Crippen LogP contribution in [-0.2, 0) is 4.74 Å². The van der Waals surface area contributed by atoms with Crippen molar-refractivity contribution in [2.75, 3.05) is 0 Å². The lowest BCUT2D eigenvalue weighted by Gasteiger charge is -1.93. The molecule has 1 saturated heterocycles. The highest BCUT2D eigenvalue weighted by Gasteiger charge is 2.38. The number of hydrogen-bond donors (Lipinski definition) is 0. The van der Waals surface area contributed by atoms with Crippen LogP contribution in [-0.4, -0.2) is 16.1 Å². The Bertz CT molecular complexity index is 257. The molecular weight excluding hydrogens is 140 g/mol. The van der Waals surface area contributed by atoms with Gasteiger partial charge >= 0.3 is 0 Å². The second-order valence-corrected chi connectivity index (χ2v) is 2.88. The van der Waals surface area contributed by atoms with Gasteiger partial charge in [0, 0.05) is 12.4 Å². The predicted molar refractivity (Wildman–Crippen MR) is 40.1 cm³/mol. The summed E-state index contributed by atoms with van der Waals surface area (Å²) in [5.41, 5.74) is 1.09. The standard InChI is InChI=1S/C8H10N2O/c1-5-3-9-8(10-4-5)7-6(2)11-7/h3-4,6-7H,1-2H3/t6-,7?/m1/s1. The molecule has 0 saturated carbocycles. The van der Waals surface area contributed by atoms with Gasteiger partial charge in [0.2, 0.25) is 0 Å². The van der Waals surface area contributed by atoms with Gasteiger partial charge in [-0.05, 0) is 19.4 Å². The molecule has 2 heterocycles. The Hall–Kier alpha value is -0.960. The van der Waals surface area contributed by atoms with Crippen LogP contribution >= 0.6 is 0 Å².